The van der Waals surface area contributed by atoms with Crippen molar-refractivity contribution in [1.82, 2.24) is 10.4 Å². The van der Waals surface area contributed by atoms with Gasteiger partial charge in [0, 0.05) is 25.0 Å². The number of benzene rings is 1. The van der Waals surface area contributed by atoms with Gasteiger partial charge < -0.3 is 9.88 Å². The van der Waals surface area contributed by atoms with Crippen molar-refractivity contribution >= 4 is 17.8 Å². The normalized spacial score (nSPS) is 10.8. The number of anilines is 1. The number of carbonyl (C=O) groups excluding carboxylic acids is 1. The standard InChI is InChI=1S/C16H20N4O/c1-3-20(4-2)14-9-7-13(8-10-14)12-18-19-16(21)15-6-5-11-17-15/h5-12,17H,3-4H2,1-2H3,(H,19,21)/b18-12-. The molecule has 0 atom stereocenters. The summed E-state index contributed by atoms with van der Waals surface area (Å²) >= 11 is 0. The number of nitrogens with one attached hydrogen (secondary N) is 2. The Hall–Kier alpha value is -2.56. The fourth-order valence-corrected chi connectivity index (χ4v) is 2.06. The number of aromatic amines is 1. The van der Waals surface area contributed by atoms with Gasteiger partial charge in [0.15, 0.2) is 0 Å². The first-order chi connectivity index (χ1) is 10.2. The summed E-state index contributed by atoms with van der Waals surface area (Å²) in [4.78, 5) is 16.8. The highest BCUT2D eigenvalue weighted by Gasteiger charge is 2.03. The Balaban J connectivity index is 1.94. The summed E-state index contributed by atoms with van der Waals surface area (Å²) in [6, 6.07) is 11.5. The van der Waals surface area contributed by atoms with E-state index in [4.69, 9.17) is 0 Å². The van der Waals surface area contributed by atoms with E-state index in [9.17, 15) is 4.79 Å². The minimum Gasteiger partial charge on any atom is -0.372 e. The van der Waals surface area contributed by atoms with Crippen LogP contribution in [0.5, 0.6) is 0 Å². The Morgan fingerprint density at radius 3 is 2.52 bits per heavy atom. The van der Waals surface area contributed by atoms with Gasteiger partial charge in [0.25, 0.3) is 5.91 Å². The van der Waals surface area contributed by atoms with Crippen LogP contribution in [0.3, 0.4) is 0 Å². The smallest absolute Gasteiger partial charge is 0.287 e. The fourth-order valence-electron chi connectivity index (χ4n) is 2.06. The van der Waals surface area contributed by atoms with Crippen molar-refractivity contribution in [3.8, 4) is 0 Å². The third kappa shape index (κ3) is 3.95. The van der Waals surface area contributed by atoms with Crippen LogP contribution in [0.15, 0.2) is 47.7 Å². The van der Waals surface area contributed by atoms with Crippen molar-refractivity contribution < 1.29 is 4.79 Å². The molecule has 0 unspecified atom stereocenters. The van der Waals surface area contributed by atoms with Crippen LogP contribution in [0, 0.1) is 0 Å². The largest absolute Gasteiger partial charge is 0.372 e. The van der Waals surface area contributed by atoms with Crippen molar-refractivity contribution in [2.24, 2.45) is 5.10 Å². The molecular weight excluding hydrogens is 264 g/mol. The molecule has 0 spiro atoms. The van der Waals surface area contributed by atoms with E-state index in [1.165, 1.54) is 5.69 Å². The lowest BCUT2D eigenvalue weighted by Crippen LogP contribution is -2.21. The summed E-state index contributed by atoms with van der Waals surface area (Å²) in [5, 5.41) is 3.95. The van der Waals surface area contributed by atoms with Crippen LogP contribution in [0.25, 0.3) is 0 Å². The molecule has 1 heterocycles. The van der Waals surface area contributed by atoms with Gasteiger partial charge in [-0.3, -0.25) is 4.79 Å². The summed E-state index contributed by atoms with van der Waals surface area (Å²) in [6.07, 6.45) is 3.33. The van der Waals surface area contributed by atoms with Crippen molar-refractivity contribution in [1.29, 1.82) is 0 Å². The van der Waals surface area contributed by atoms with Gasteiger partial charge in [-0.05, 0) is 43.7 Å². The second-order valence-corrected chi connectivity index (χ2v) is 4.55. The molecule has 0 saturated heterocycles. The topological polar surface area (TPSA) is 60.5 Å². The Morgan fingerprint density at radius 1 is 1.24 bits per heavy atom. The van der Waals surface area contributed by atoms with Gasteiger partial charge in [-0.15, -0.1) is 0 Å². The molecular formula is C16H20N4O. The summed E-state index contributed by atoms with van der Waals surface area (Å²) in [7, 11) is 0. The minimum absolute atomic E-state index is 0.254. The maximum absolute atomic E-state index is 11.7. The summed E-state index contributed by atoms with van der Waals surface area (Å²) in [5.41, 5.74) is 5.10. The molecule has 0 aliphatic heterocycles. The first-order valence-corrected chi connectivity index (χ1v) is 7.06. The van der Waals surface area contributed by atoms with Crippen LogP contribution < -0.4 is 10.3 Å². The van der Waals surface area contributed by atoms with E-state index in [-0.39, 0.29) is 5.91 Å². The highest BCUT2D eigenvalue weighted by molar-refractivity contribution is 5.93. The molecule has 2 aromatic rings. The van der Waals surface area contributed by atoms with Crippen LogP contribution in [-0.2, 0) is 0 Å². The second-order valence-electron chi connectivity index (χ2n) is 4.55. The highest BCUT2D eigenvalue weighted by Crippen LogP contribution is 2.13. The molecule has 5 heteroatoms. The van der Waals surface area contributed by atoms with Crippen molar-refractivity contribution in [2.75, 3.05) is 18.0 Å². The zero-order valence-electron chi connectivity index (χ0n) is 12.3. The van der Waals surface area contributed by atoms with Crippen LogP contribution in [0.1, 0.15) is 29.9 Å². The molecule has 0 fully saturated rings. The van der Waals surface area contributed by atoms with E-state index in [1.54, 1.807) is 24.5 Å². The number of rotatable bonds is 6. The second kappa shape index (κ2) is 7.28. The number of hydrogen-bond acceptors (Lipinski definition) is 3. The number of hydrazone groups is 1. The van der Waals surface area contributed by atoms with E-state index >= 15 is 0 Å². The van der Waals surface area contributed by atoms with Crippen molar-refractivity contribution in [3.05, 3.63) is 53.9 Å². The zero-order valence-corrected chi connectivity index (χ0v) is 12.3. The summed E-state index contributed by atoms with van der Waals surface area (Å²) in [5.74, 6) is -0.254. The van der Waals surface area contributed by atoms with E-state index < -0.39 is 0 Å². The minimum atomic E-state index is -0.254. The highest BCUT2D eigenvalue weighted by atomic mass is 16.2. The molecule has 5 nitrogen and oxygen atoms in total. The molecule has 0 radical (unpaired) electrons. The average Bonchev–Trinajstić information content (AvgIpc) is 3.04. The molecule has 2 N–H and O–H groups in total. The molecule has 1 aromatic heterocycles. The van der Waals surface area contributed by atoms with E-state index in [0.29, 0.717) is 5.69 Å². The van der Waals surface area contributed by atoms with Crippen LogP contribution in [0.2, 0.25) is 0 Å². The molecule has 1 amide bonds. The Morgan fingerprint density at radius 2 is 1.95 bits per heavy atom. The lowest BCUT2D eigenvalue weighted by atomic mass is 10.2. The predicted octanol–water partition coefficient (Wildman–Crippen LogP) is 2.62. The zero-order chi connectivity index (χ0) is 15.1. The molecule has 0 aliphatic rings. The lowest BCUT2D eigenvalue weighted by molar-refractivity contribution is 0.0951. The molecule has 0 saturated carbocycles. The quantitative estimate of drug-likeness (QED) is 0.633. The number of hydrogen-bond donors (Lipinski definition) is 2. The number of nitrogens with zero attached hydrogens (tertiary/aromatic N) is 2. The van der Waals surface area contributed by atoms with Gasteiger partial charge in [0.2, 0.25) is 0 Å². The van der Waals surface area contributed by atoms with Gasteiger partial charge in [0.1, 0.15) is 5.69 Å². The fraction of sp³-hybridized carbons (Fsp3) is 0.250. The molecule has 2 rings (SSSR count). The SMILES string of the molecule is CCN(CC)c1ccc(/C=N\NC(=O)c2ccc[nH]2)cc1. The lowest BCUT2D eigenvalue weighted by Gasteiger charge is -2.20. The Bertz CT molecular complexity index is 583. The monoisotopic (exact) mass is 284 g/mol. The maximum Gasteiger partial charge on any atom is 0.287 e. The number of H-pyrrole nitrogens is 1. The molecule has 0 bridgehead atoms. The van der Waals surface area contributed by atoms with Gasteiger partial charge in [-0.25, -0.2) is 5.43 Å². The Labute approximate surface area is 124 Å². The summed E-state index contributed by atoms with van der Waals surface area (Å²) in [6.45, 7) is 6.23. The maximum atomic E-state index is 11.7. The van der Waals surface area contributed by atoms with Gasteiger partial charge >= 0.3 is 0 Å². The Kier molecular flexibility index (Phi) is 5.15. The van der Waals surface area contributed by atoms with Crippen LogP contribution in [-0.4, -0.2) is 30.2 Å². The van der Waals surface area contributed by atoms with Crippen molar-refractivity contribution in [3.63, 3.8) is 0 Å². The van der Waals surface area contributed by atoms with Crippen molar-refractivity contribution in [2.45, 2.75) is 13.8 Å². The van der Waals surface area contributed by atoms with Crippen LogP contribution >= 0.6 is 0 Å². The number of carbonyl (C=O) groups is 1. The van der Waals surface area contributed by atoms with Crippen LogP contribution in [0.4, 0.5) is 5.69 Å². The average molecular weight is 284 g/mol. The third-order valence-corrected chi connectivity index (χ3v) is 3.24. The molecule has 21 heavy (non-hydrogen) atoms. The molecule has 0 aliphatic carbocycles. The summed E-state index contributed by atoms with van der Waals surface area (Å²) < 4.78 is 0. The first-order valence-electron chi connectivity index (χ1n) is 7.06. The third-order valence-electron chi connectivity index (χ3n) is 3.24. The molecule has 110 valence electrons. The van der Waals surface area contributed by atoms with Gasteiger partial charge in [-0.2, -0.15) is 5.10 Å². The van der Waals surface area contributed by atoms with E-state index in [1.807, 2.05) is 12.1 Å². The predicted molar refractivity (Wildman–Crippen MR) is 85.9 cm³/mol. The molecule has 1 aromatic carbocycles. The first kappa shape index (κ1) is 14.8. The van der Waals surface area contributed by atoms with Gasteiger partial charge in [0.05, 0.1) is 6.21 Å². The van der Waals surface area contributed by atoms with Gasteiger partial charge in [-0.1, -0.05) is 12.1 Å². The number of amides is 1. The van der Waals surface area contributed by atoms with E-state index in [0.717, 1.165) is 18.7 Å². The number of aromatic nitrogens is 1. The van der Waals surface area contributed by atoms with E-state index in [2.05, 4.69) is 46.4 Å².